The molecule has 0 aliphatic carbocycles. The maximum atomic E-state index is 13.1. The fraction of sp³-hybridized carbons (Fsp3) is 0.364. The van der Waals surface area contributed by atoms with E-state index in [2.05, 4.69) is 14.1 Å². The predicted octanol–water partition coefficient (Wildman–Crippen LogP) is 2.91. The van der Waals surface area contributed by atoms with Crippen molar-refractivity contribution in [3.05, 3.63) is 42.5 Å². The Hall–Kier alpha value is -3.20. The highest BCUT2D eigenvalue weighted by atomic mass is 32.1. The van der Waals surface area contributed by atoms with Crippen LogP contribution >= 0.6 is 11.7 Å². The Morgan fingerprint density at radius 3 is 2.77 bits per heavy atom. The summed E-state index contributed by atoms with van der Waals surface area (Å²) in [5.41, 5.74) is 2.89. The number of anilines is 2. The minimum absolute atomic E-state index is 0.00192. The van der Waals surface area contributed by atoms with Gasteiger partial charge in [0.1, 0.15) is 16.8 Å². The fourth-order valence-corrected chi connectivity index (χ4v) is 4.72. The van der Waals surface area contributed by atoms with Crippen LogP contribution in [0.5, 0.6) is 5.75 Å². The van der Waals surface area contributed by atoms with E-state index >= 15 is 0 Å². The van der Waals surface area contributed by atoms with Crippen LogP contribution in [-0.4, -0.2) is 57.7 Å². The van der Waals surface area contributed by atoms with Crippen LogP contribution in [0.25, 0.3) is 11.0 Å². The summed E-state index contributed by atoms with van der Waals surface area (Å²) in [7, 11) is 0. The lowest BCUT2D eigenvalue weighted by molar-refractivity contribution is -0.139. The Labute approximate surface area is 184 Å². The molecule has 2 aliphatic heterocycles. The highest BCUT2D eigenvalue weighted by molar-refractivity contribution is 7.00. The number of amides is 2. The van der Waals surface area contributed by atoms with Gasteiger partial charge in [0.25, 0.3) is 5.91 Å². The number of carbonyl (C=O) groups is 2. The van der Waals surface area contributed by atoms with Crippen LogP contribution in [0.15, 0.2) is 42.5 Å². The van der Waals surface area contributed by atoms with Crippen molar-refractivity contribution in [2.75, 3.05) is 36.4 Å². The van der Waals surface area contributed by atoms with Gasteiger partial charge in [0.2, 0.25) is 5.91 Å². The van der Waals surface area contributed by atoms with Gasteiger partial charge in [-0.05, 0) is 43.5 Å². The molecule has 3 heterocycles. The minimum Gasteiger partial charge on any atom is -0.477 e. The Balaban J connectivity index is 1.34. The molecule has 0 bridgehead atoms. The zero-order valence-corrected chi connectivity index (χ0v) is 17.8. The van der Waals surface area contributed by atoms with E-state index in [-0.39, 0.29) is 18.4 Å². The smallest absolute Gasteiger partial charge is 0.265 e. The van der Waals surface area contributed by atoms with Crippen LogP contribution in [0.4, 0.5) is 11.4 Å². The number of piperidine rings is 1. The number of nitrogens with one attached hydrogen (secondary N) is 1. The Bertz CT molecular complexity index is 1110. The molecule has 5 rings (SSSR count). The number of para-hydroxylation sites is 2. The lowest BCUT2D eigenvalue weighted by Gasteiger charge is -2.38. The summed E-state index contributed by atoms with van der Waals surface area (Å²) in [6, 6.07) is 13.1. The summed E-state index contributed by atoms with van der Waals surface area (Å²) >= 11 is 1.12. The Morgan fingerprint density at radius 1 is 1.06 bits per heavy atom. The number of rotatable bonds is 4. The van der Waals surface area contributed by atoms with E-state index in [4.69, 9.17) is 4.74 Å². The van der Waals surface area contributed by atoms with Crippen LogP contribution in [-0.2, 0) is 9.59 Å². The molecule has 1 atom stereocenters. The molecule has 9 heteroatoms. The molecule has 1 unspecified atom stereocenters. The molecule has 0 saturated carbocycles. The van der Waals surface area contributed by atoms with Crippen molar-refractivity contribution in [3.63, 3.8) is 0 Å². The van der Waals surface area contributed by atoms with Crippen molar-refractivity contribution < 1.29 is 14.3 Å². The van der Waals surface area contributed by atoms with Crippen LogP contribution in [0.2, 0.25) is 0 Å². The summed E-state index contributed by atoms with van der Waals surface area (Å²) in [5, 5.41) is 2.94. The largest absolute Gasteiger partial charge is 0.477 e. The third-order valence-electron chi connectivity index (χ3n) is 5.70. The van der Waals surface area contributed by atoms with E-state index in [0.717, 1.165) is 55.3 Å². The van der Waals surface area contributed by atoms with Crippen LogP contribution in [0.1, 0.15) is 19.3 Å². The highest BCUT2D eigenvalue weighted by Crippen LogP contribution is 2.33. The van der Waals surface area contributed by atoms with Gasteiger partial charge in [-0.15, -0.1) is 0 Å². The number of ether oxygens (including phenoxy) is 1. The van der Waals surface area contributed by atoms with Gasteiger partial charge >= 0.3 is 0 Å². The lowest BCUT2D eigenvalue weighted by Crippen LogP contribution is -2.52. The molecule has 2 aliphatic rings. The molecule has 31 heavy (non-hydrogen) atoms. The molecule has 1 fully saturated rings. The van der Waals surface area contributed by atoms with Gasteiger partial charge in [-0.2, -0.15) is 8.75 Å². The zero-order valence-electron chi connectivity index (χ0n) is 17.0. The van der Waals surface area contributed by atoms with Gasteiger partial charge in [0.05, 0.1) is 36.2 Å². The van der Waals surface area contributed by atoms with Crippen molar-refractivity contribution >= 4 is 46.0 Å². The molecular weight excluding hydrogens is 414 g/mol. The van der Waals surface area contributed by atoms with E-state index in [0.29, 0.717) is 23.5 Å². The monoisotopic (exact) mass is 437 g/mol. The lowest BCUT2D eigenvalue weighted by atomic mass is 10.1. The molecule has 8 nitrogen and oxygen atoms in total. The second-order valence-corrected chi connectivity index (χ2v) is 8.35. The fourth-order valence-electron chi connectivity index (χ4n) is 4.17. The van der Waals surface area contributed by atoms with Gasteiger partial charge in [-0.1, -0.05) is 18.2 Å². The number of nitrogens with zero attached hydrogens (tertiary/aromatic N) is 4. The molecule has 0 spiro atoms. The van der Waals surface area contributed by atoms with Gasteiger partial charge < -0.3 is 19.9 Å². The number of benzene rings is 2. The van der Waals surface area contributed by atoms with Crippen molar-refractivity contribution in [2.24, 2.45) is 0 Å². The first-order valence-corrected chi connectivity index (χ1v) is 11.2. The quantitative estimate of drug-likeness (QED) is 0.675. The van der Waals surface area contributed by atoms with Gasteiger partial charge in [-0.25, -0.2) is 0 Å². The second kappa shape index (κ2) is 8.50. The van der Waals surface area contributed by atoms with E-state index in [1.807, 2.05) is 52.3 Å². The highest BCUT2D eigenvalue weighted by Gasteiger charge is 2.34. The number of likely N-dealkylation sites (tertiary alicyclic amines) is 1. The van der Waals surface area contributed by atoms with E-state index in [1.165, 1.54) is 0 Å². The third-order valence-corrected chi connectivity index (χ3v) is 6.24. The topological polar surface area (TPSA) is 87.7 Å². The van der Waals surface area contributed by atoms with Gasteiger partial charge in [-0.3, -0.25) is 9.59 Å². The summed E-state index contributed by atoms with van der Waals surface area (Å²) < 4.78 is 14.5. The molecule has 2 aromatic carbocycles. The first-order chi connectivity index (χ1) is 15.2. The predicted molar refractivity (Wildman–Crippen MR) is 120 cm³/mol. The molecule has 1 N–H and O–H groups in total. The molecular formula is C22H23N5O3S. The third kappa shape index (κ3) is 4.05. The van der Waals surface area contributed by atoms with E-state index in [9.17, 15) is 9.59 Å². The van der Waals surface area contributed by atoms with Crippen LogP contribution < -0.4 is 15.0 Å². The average Bonchev–Trinajstić information content (AvgIpc) is 3.29. The van der Waals surface area contributed by atoms with E-state index in [1.54, 1.807) is 0 Å². The van der Waals surface area contributed by atoms with Gasteiger partial charge in [0.15, 0.2) is 6.10 Å². The normalized spacial score (nSPS) is 18.4. The Kier molecular flexibility index (Phi) is 5.42. The van der Waals surface area contributed by atoms with Crippen molar-refractivity contribution in [2.45, 2.75) is 25.4 Å². The summed E-state index contributed by atoms with van der Waals surface area (Å²) in [5.74, 6) is 0.446. The van der Waals surface area contributed by atoms with Crippen molar-refractivity contribution in [1.82, 2.24) is 13.6 Å². The molecule has 3 aromatic rings. The zero-order chi connectivity index (χ0) is 21.2. The summed E-state index contributed by atoms with van der Waals surface area (Å²) in [6.07, 6.45) is 2.59. The SMILES string of the molecule is O=C(CN1CC(C(=O)N2CCCCC2)Oc2ccccc21)Nc1cccc2nsnc12. The number of carbonyl (C=O) groups excluding carboxylic acids is 2. The number of fused-ring (bicyclic) bond motifs is 2. The molecule has 0 radical (unpaired) electrons. The number of aromatic nitrogens is 2. The molecule has 160 valence electrons. The Morgan fingerprint density at radius 2 is 1.90 bits per heavy atom. The second-order valence-electron chi connectivity index (χ2n) is 7.83. The molecule has 1 saturated heterocycles. The number of hydrogen-bond acceptors (Lipinski definition) is 7. The maximum Gasteiger partial charge on any atom is 0.265 e. The van der Waals surface area contributed by atoms with Crippen molar-refractivity contribution in [1.29, 1.82) is 0 Å². The number of hydrogen-bond donors (Lipinski definition) is 1. The summed E-state index contributed by atoms with van der Waals surface area (Å²) in [4.78, 5) is 29.8. The van der Waals surface area contributed by atoms with E-state index < -0.39 is 6.10 Å². The summed E-state index contributed by atoms with van der Waals surface area (Å²) in [6.45, 7) is 1.99. The molecule has 2 amide bonds. The average molecular weight is 438 g/mol. The van der Waals surface area contributed by atoms with Gasteiger partial charge in [0, 0.05) is 13.1 Å². The minimum atomic E-state index is -0.619. The maximum absolute atomic E-state index is 13.1. The van der Waals surface area contributed by atoms with Crippen molar-refractivity contribution in [3.8, 4) is 5.75 Å². The first-order valence-electron chi connectivity index (χ1n) is 10.5. The molecule has 1 aromatic heterocycles. The standard InChI is InChI=1S/C22H23N5O3S/c28-20(23-15-7-6-8-16-21(15)25-31-24-16)14-27-13-19(22(29)26-11-4-1-5-12-26)30-18-10-3-2-9-17(18)27/h2-3,6-10,19H,1,4-5,11-14H2,(H,23,28). The van der Waals surface area contributed by atoms with Crippen LogP contribution in [0.3, 0.4) is 0 Å². The van der Waals surface area contributed by atoms with Crippen LogP contribution in [0, 0.1) is 0 Å². The first kappa shape index (κ1) is 19.7.